The predicted molar refractivity (Wildman–Crippen MR) is 73.6 cm³/mol. The van der Waals surface area contributed by atoms with Gasteiger partial charge in [-0.1, -0.05) is 19.8 Å². The first kappa shape index (κ1) is 12.2. The Balaban J connectivity index is 1.74. The van der Waals surface area contributed by atoms with E-state index in [1.54, 1.807) is 0 Å². The third-order valence-corrected chi connectivity index (χ3v) is 4.86. The Kier molecular flexibility index (Phi) is 3.42. The van der Waals surface area contributed by atoms with E-state index in [9.17, 15) is 0 Å². The highest BCUT2D eigenvalue weighted by molar-refractivity contribution is 5.08. The summed E-state index contributed by atoms with van der Waals surface area (Å²) in [6, 6.07) is 0. The van der Waals surface area contributed by atoms with Gasteiger partial charge in [-0.3, -0.25) is 0 Å². The van der Waals surface area contributed by atoms with Gasteiger partial charge in [0.1, 0.15) is 0 Å². The zero-order chi connectivity index (χ0) is 12.4. The molecule has 0 unspecified atom stereocenters. The lowest BCUT2D eigenvalue weighted by atomic mass is 9.88. The van der Waals surface area contributed by atoms with Gasteiger partial charge in [-0.2, -0.15) is 0 Å². The first-order valence-electron chi connectivity index (χ1n) is 7.48. The topological polar surface area (TPSA) is 29.9 Å². The lowest BCUT2D eigenvalue weighted by molar-refractivity contribution is 0.273. The van der Waals surface area contributed by atoms with Crippen LogP contribution in [0.25, 0.3) is 0 Å². The smallest absolute Gasteiger partial charge is 0.0948 e. The second-order valence-corrected chi connectivity index (χ2v) is 6.49. The minimum Gasteiger partial charge on any atom is -0.334 e. The van der Waals surface area contributed by atoms with Crippen molar-refractivity contribution < 1.29 is 0 Å². The molecule has 0 bridgehead atoms. The van der Waals surface area contributed by atoms with Gasteiger partial charge in [-0.05, 0) is 44.2 Å². The SMILES string of the molecule is CC1(Cn2cncc2C2CCNCC2)CCCC1. The average Bonchev–Trinajstić information content (AvgIpc) is 3.00. The molecule has 2 aliphatic rings. The summed E-state index contributed by atoms with van der Waals surface area (Å²) < 4.78 is 2.45. The molecule has 1 aliphatic heterocycles. The molecule has 3 rings (SSSR count). The normalized spacial score (nSPS) is 24.5. The molecule has 0 spiro atoms. The van der Waals surface area contributed by atoms with Gasteiger partial charge < -0.3 is 9.88 Å². The minimum absolute atomic E-state index is 0.516. The quantitative estimate of drug-likeness (QED) is 0.890. The van der Waals surface area contributed by atoms with Crippen LogP contribution in [0.1, 0.15) is 57.1 Å². The first-order chi connectivity index (χ1) is 8.77. The van der Waals surface area contributed by atoms with E-state index in [0.717, 1.165) is 19.0 Å². The monoisotopic (exact) mass is 247 g/mol. The second kappa shape index (κ2) is 5.04. The van der Waals surface area contributed by atoms with E-state index in [4.69, 9.17) is 0 Å². The van der Waals surface area contributed by atoms with Crippen LogP contribution >= 0.6 is 0 Å². The van der Waals surface area contributed by atoms with Gasteiger partial charge >= 0.3 is 0 Å². The van der Waals surface area contributed by atoms with Gasteiger partial charge in [-0.15, -0.1) is 0 Å². The molecule has 2 fully saturated rings. The highest BCUT2D eigenvalue weighted by atomic mass is 15.1. The molecule has 1 N–H and O–H groups in total. The van der Waals surface area contributed by atoms with Crippen LogP contribution in [-0.4, -0.2) is 22.6 Å². The number of aromatic nitrogens is 2. The maximum absolute atomic E-state index is 4.41. The number of nitrogens with one attached hydrogen (secondary N) is 1. The summed E-state index contributed by atoms with van der Waals surface area (Å²) in [5.74, 6) is 0.721. The number of imidazole rings is 1. The largest absolute Gasteiger partial charge is 0.334 e. The fraction of sp³-hybridized carbons (Fsp3) is 0.800. The van der Waals surface area contributed by atoms with Gasteiger partial charge in [0.05, 0.1) is 6.33 Å². The molecule has 3 nitrogen and oxygen atoms in total. The fourth-order valence-corrected chi connectivity index (χ4v) is 3.72. The maximum atomic E-state index is 4.41. The van der Waals surface area contributed by atoms with Crippen LogP contribution in [0, 0.1) is 5.41 Å². The Hall–Kier alpha value is -0.830. The molecular weight excluding hydrogens is 222 g/mol. The first-order valence-corrected chi connectivity index (χ1v) is 7.48. The fourth-order valence-electron chi connectivity index (χ4n) is 3.72. The van der Waals surface area contributed by atoms with E-state index < -0.39 is 0 Å². The van der Waals surface area contributed by atoms with Crippen molar-refractivity contribution in [1.82, 2.24) is 14.9 Å². The number of hydrogen-bond donors (Lipinski definition) is 1. The van der Waals surface area contributed by atoms with Gasteiger partial charge in [0.2, 0.25) is 0 Å². The van der Waals surface area contributed by atoms with Crippen molar-refractivity contribution in [1.29, 1.82) is 0 Å². The molecule has 1 aliphatic carbocycles. The van der Waals surface area contributed by atoms with Crippen LogP contribution in [0.2, 0.25) is 0 Å². The van der Waals surface area contributed by atoms with Crippen LogP contribution in [-0.2, 0) is 6.54 Å². The molecule has 1 saturated carbocycles. The van der Waals surface area contributed by atoms with E-state index in [1.807, 2.05) is 0 Å². The molecule has 1 saturated heterocycles. The highest BCUT2D eigenvalue weighted by Gasteiger charge is 2.30. The molecule has 100 valence electrons. The van der Waals surface area contributed by atoms with Crippen LogP contribution in [0.4, 0.5) is 0 Å². The summed E-state index contributed by atoms with van der Waals surface area (Å²) in [4.78, 5) is 4.41. The van der Waals surface area contributed by atoms with Crippen LogP contribution in [0.5, 0.6) is 0 Å². The van der Waals surface area contributed by atoms with Crippen molar-refractivity contribution in [2.45, 2.75) is 57.9 Å². The van der Waals surface area contributed by atoms with Crippen molar-refractivity contribution in [2.75, 3.05) is 13.1 Å². The molecule has 18 heavy (non-hydrogen) atoms. The molecule has 0 aromatic carbocycles. The van der Waals surface area contributed by atoms with Crippen molar-refractivity contribution in [2.24, 2.45) is 5.41 Å². The molecule has 0 amide bonds. The lowest BCUT2D eigenvalue weighted by Crippen LogP contribution is -2.28. The Labute approximate surface area is 110 Å². The van der Waals surface area contributed by atoms with Crippen molar-refractivity contribution in [3.63, 3.8) is 0 Å². The van der Waals surface area contributed by atoms with Crippen LogP contribution in [0.3, 0.4) is 0 Å². The molecule has 0 atom stereocenters. The van der Waals surface area contributed by atoms with Crippen LogP contribution < -0.4 is 5.32 Å². The Morgan fingerprint density at radius 1 is 1.33 bits per heavy atom. The van der Waals surface area contributed by atoms with E-state index in [1.165, 1.54) is 50.8 Å². The number of piperidine rings is 1. The van der Waals surface area contributed by atoms with Gasteiger partial charge in [0, 0.05) is 24.4 Å². The van der Waals surface area contributed by atoms with Crippen molar-refractivity contribution in [3.05, 3.63) is 18.2 Å². The molecule has 3 heteroatoms. The summed E-state index contributed by atoms with van der Waals surface area (Å²) in [6.45, 7) is 5.94. The van der Waals surface area contributed by atoms with E-state index in [-0.39, 0.29) is 0 Å². The summed E-state index contributed by atoms with van der Waals surface area (Å²) in [5.41, 5.74) is 1.99. The van der Waals surface area contributed by atoms with Gasteiger partial charge in [-0.25, -0.2) is 4.98 Å². The van der Waals surface area contributed by atoms with Gasteiger partial charge in [0.15, 0.2) is 0 Å². The zero-order valence-electron chi connectivity index (χ0n) is 11.5. The maximum Gasteiger partial charge on any atom is 0.0948 e. The lowest BCUT2D eigenvalue weighted by Gasteiger charge is -2.28. The third-order valence-electron chi connectivity index (χ3n) is 4.86. The van der Waals surface area contributed by atoms with E-state index in [2.05, 4.69) is 34.3 Å². The minimum atomic E-state index is 0.516. The Morgan fingerprint density at radius 2 is 2.06 bits per heavy atom. The van der Waals surface area contributed by atoms with E-state index >= 15 is 0 Å². The Morgan fingerprint density at radius 3 is 2.78 bits per heavy atom. The summed E-state index contributed by atoms with van der Waals surface area (Å²) in [7, 11) is 0. The van der Waals surface area contributed by atoms with Crippen molar-refractivity contribution >= 4 is 0 Å². The van der Waals surface area contributed by atoms with Crippen LogP contribution in [0.15, 0.2) is 12.5 Å². The highest BCUT2D eigenvalue weighted by Crippen LogP contribution is 2.39. The third kappa shape index (κ3) is 2.46. The van der Waals surface area contributed by atoms with E-state index in [0.29, 0.717) is 5.41 Å². The molecule has 0 radical (unpaired) electrons. The molecule has 1 aromatic heterocycles. The predicted octanol–water partition coefficient (Wildman–Crippen LogP) is 2.93. The zero-order valence-corrected chi connectivity index (χ0v) is 11.5. The van der Waals surface area contributed by atoms with Crippen molar-refractivity contribution in [3.8, 4) is 0 Å². The molecule has 2 heterocycles. The number of nitrogens with zero attached hydrogens (tertiary/aromatic N) is 2. The average molecular weight is 247 g/mol. The van der Waals surface area contributed by atoms with Gasteiger partial charge in [0.25, 0.3) is 0 Å². The standard InChI is InChI=1S/C15H25N3/c1-15(6-2-3-7-15)11-18-12-17-10-14(18)13-4-8-16-9-5-13/h10,12-13,16H,2-9,11H2,1H3. The number of rotatable bonds is 3. The summed E-state index contributed by atoms with van der Waals surface area (Å²) in [5, 5.41) is 3.45. The summed E-state index contributed by atoms with van der Waals surface area (Å²) >= 11 is 0. The molecule has 1 aromatic rings. The molecular formula is C15H25N3. The number of hydrogen-bond acceptors (Lipinski definition) is 2. The Bertz CT molecular complexity index is 384. The summed E-state index contributed by atoms with van der Waals surface area (Å²) in [6.07, 6.45) is 12.3. The second-order valence-electron chi connectivity index (χ2n) is 6.49.